The Bertz CT molecular complexity index is 1640. The Morgan fingerprint density at radius 3 is 2.32 bits per heavy atom. The Balaban J connectivity index is 1.13. The number of amides is 2. The number of rotatable bonds is 8. The van der Waals surface area contributed by atoms with Crippen LogP contribution in [0.1, 0.15) is 50.5 Å². The summed E-state index contributed by atoms with van der Waals surface area (Å²) < 4.78 is 28.2. The van der Waals surface area contributed by atoms with Crippen molar-refractivity contribution in [2.75, 3.05) is 37.6 Å². The molecule has 1 N–H and O–H groups in total. The number of piperazine rings is 1. The highest BCUT2D eigenvalue weighted by molar-refractivity contribution is 7.92. The fourth-order valence-electron chi connectivity index (χ4n) is 6.77. The zero-order chi connectivity index (χ0) is 30.9. The molecule has 44 heavy (non-hydrogen) atoms. The number of nitrogens with one attached hydrogen (secondary N) is 1. The summed E-state index contributed by atoms with van der Waals surface area (Å²) >= 11 is 12.6. The Hall–Kier alpha value is -2.91. The molecule has 0 spiro atoms. The van der Waals surface area contributed by atoms with Gasteiger partial charge in [-0.15, -0.1) is 0 Å². The fourth-order valence-corrected chi connectivity index (χ4v) is 9.12. The van der Waals surface area contributed by atoms with Crippen molar-refractivity contribution < 1.29 is 18.0 Å². The van der Waals surface area contributed by atoms with E-state index in [0.717, 1.165) is 31.9 Å². The summed E-state index contributed by atoms with van der Waals surface area (Å²) in [5.74, 6) is -0.819. The lowest BCUT2D eigenvalue weighted by atomic mass is 9.95. The summed E-state index contributed by atoms with van der Waals surface area (Å²) in [6, 6.07) is 10.2. The van der Waals surface area contributed by atoms with Gasteiger partial charge >= 0.3 is 0 Å². The Labute approximate surface area is 267 Å². The first-order chi connectivity index (χ1) is 21.0. The van der Waals surface area contributed by atoms with Gasteiger partial charge in [-0.2, -0.15) is 5.26 Å². The molecular weight excluding hydrogens is 623 g/mol. The van der Waals surface area contributed by atoms with Crippen molar-refractivity contribution in [1.29, 1.82) is 5.26 Å². The number of hydrogen-bond donors (Lipinski definition) is 1. The van der Waals surface area contributed by atoms with Crippen LogP contribution in [0.2, 0.25) is 10.2 Å². The Morgan fingerprint density at radius 2 is 1.75 bits per heavy atom. The van der Waals surface area contributed by atoms with Gasteiger partial charge < -0.3 is 15.1 Å². The third kappa shape index (κ3) is 5.34. The van der Waals surface area contributed by atoms with Gasteiger partial charge in [0.2, 0.25) is 11.8 Å². The molecule has 7 rings (SSSR count). The van der Waals surface area contributed by atoms with Gasteiger partial charge in [-0.3, -0.25) is 14.5 Å². The number of pyridine rings is 1. The predicted molar refractivity (Wildman–Crippen MR) is 165 cm³/mol. The maximum absolute atomic E-state index is 14.1. The molecule has 2 aliphatic heterocycles. The lowest BCUT2D eigenvalue weighted by Gasteiger charge is -2.36. The summed E-state index contributed by atoms with van der Waals surface area (Å²) in [5.41, 5.74) is -0.277. The summed E-state index contributed by atoms with van der Waals surface area (Å²) in [4.78, 5) is 38.0. The van der Waals surface area contributed by atoms with Crippen LogP contribution in [0.15, 0.2) is 41.4 Å². The second kappa shape index (κ2) is 10.9. The van der Waals surface area contributed by atoms with E-state index < -0.39 is 38.0 Å². The van der Waals surface area contributed by atoms with E-state index in [4.69, 9.17) is 23.2 Å². The van der Waals surface area contributed by atoms with Crippen molar-refractivity contribution in [2.24, 2.45) is 0 Å². The highest BCUT2D eigenvalue weighted by atomic mass is 35.5. The van der Waals surface area contributed by atoms with E-state index in [1.165, 1.54) is 17.7 Å². The van der Waals surface area contributed by atoms with Crippen LogP contribution in [0.25, 0.3) is 0 Å². The van der Waals surface area contributed by atoms with E-state index in [-0.39, 0.29) is 28.8 Å². The van der Waals surface area contributed by atoms with Crippen molar-refractivity contribution >= 4 is 50.5 Å². The van der Waals surface area contributed by atoms with Crippen LogP contribution in [-0.4, -0.2) is 90.6 Å². The molecule has 3 heterocycles. The van der Waals surface area contributed by atoms with Crippen LogP contribution >= 0.6 is 23.2 Å². The van der Waals surface area contributed by atoms with Gasteiger partial charge in [-0.1, -0.05) is 29.3 Å². The van der Waals surface area contributed by atoms with Gasteiger partial charge in [-0.05, 0) is 74.8 Å². The van der Waals surface area contributed by atoms with Gasteiger partial charge in [0.15, 0.2) is 9.84 Å². The molecule has 10 nitrogen and oxygen atoms in total. The first-order valence-corrected chi connectivity index (χ1v) is 17.5. The highest BCUT2D eigenvalue weighted by Crippen LogP contribution is 2.51. The van der Waals surface area contributed by atoms with Crippen molar-refractivity contribution in [1.82, 2.24) is 20.1 Å². The number of anilines is 1. The van der Waals surface area contributed by atoms with Gasteiger partial charge in [0, 0.05) is 50.6 Å². The van der Waals surface area contributed by atoms with E-state index in [2.05, 4.69) is 26.2 Å². The number of aromatic nitrogens is 1. The van der Waals surface area contributed by atoms with Crippen LogP contribution in [0.5, 0.6) is 0 Å². The zero-order valence-corrected chi connectivity index (χ0v) is 26.5. The number of benzene rings is 1. The van der Waals surface area contributed by atoms with Crippen LogP contribution in [0.4, 0.5) is 5.69 Å². The second-order valence-electron chi connectivity index (χ2n) is 12.9. The third-order valence-corrected chi connectivity index (χ3v) is 12.8. The average Bonchev–Trinajstić information content (AvgIpc) is 3.92. The summed E-state index contributed by atoms with van der Waals surface area (Å²) in [7, 11) is -4.02. The lowest BCUT2D eigenvalue weighted by molar-refractivity contribution is -0.140. The number of nitrogens with zero attached hydrogens (tertiary/aromatic N) is 5. The van der Waals surface area contributed by atoms with E-state index in [0.29, 0.717) is 42.4 Å². The number of carbonyl (C=O) groups excluding carboxylic acids is 2. The monoisotopic (exact) mass is 656 g/mol. The number of likely N-dealkylation sites (tertiary alicyclic amines) is 1. The third-order valence-electron chi connectivity index (χ3n) is 10.00. The Kier molecular flexibility index (Phi) is 7.35. The standard InChI is InChI=1S/C31H34Cl2N6O4S/c32-24-15-22(38-13-11-37(12-14-38)21-2-3-21)4-5-26(24)44(42,43)23-16-25(28(40)36-30(19-34)7-8-30)39(18-23)29(41)31(9-10-31)20-1-6-27(33)35-17-20/h1,4-6,15,17,21,23,25H,2-3,7-14,16,18H2,(H,36,40). The molecular formula is C31H34Cl2N6O4S. The van der Waals surface area contributed by atoms with Gasteiger partial charge in [-0.25, -0.2) is 13.4 Å². The first-order valence-electron chi connectivity index (χ1n) is 15.2. The van der Waals surface area contributed by atoms with E-state index in [1.54, 1.807) is 36.5 Å². The molecule has 2 amide bonds. The molecule has 2 atom stereocenters. The van der Waals surface area contributed by atoms with E-state index >= 15 is 0 Å². The smallest absolute Gasteiger partial charge is 0.244 e. The van der Waals surface area contributed by atoms with Gasteiger partial charge in [0.05, 0.1) is 26.7 Å². The lowest BCUT2D eigenvalue weighted by Crippen LogP contribution is -2.51. The Morgan fingerprint density at radius 1 is 1.02 bits per heavy atom. The van der Waals surface area contributed by atoms with Crippen LogP contribution in [0, 0.1) is 11.3 Å². The molecule has 1 aromatic heterocycles. The fraction of sp³-hybridized carbons (Fsp3) is 0.548. The minimum absolute atomic E-state index is 0.00304. The number of carbonyl (C=O) groups is 2. The molecule has 1 aromatic carbocycles. The predicted octanol–water partition coefficient (Wildman–Crippen LogP) is 3.32. The van der Waals surface area contributed by atoms with Crippen LogP contribution in [-0.2, 0) is 24.8 Å². The summed E-state index contributed by atoms with van der Waals surface area (Å²) in [6.07, 6.45) is 6.17. The van der Waals surface area contributed by atoms with Crippen LogP contribution < -0.4 is 10.2 Å². The topological polar surface area (TPSA) is 127 Å². The number of halogens is 2. The van der Waals surface area contributed by atoms with Gasteiger partial charge in [0.1, 0.15) is 16.7 Å². The molecule has 0 radical (unpaired) electrons. The molecule has 2 aromatic rings. The van der Waals surface area contributed by atoms with Crippen molar-refractivity contribution in [2.45, 2.75) is 78.1 Å². The minimum atomic E-state index is -4.02. The van der Waals surface area contributed by atoms with Crippen molar-refractivity contribution in [3.63, 3.8) is 0 Å². The minimum Gasteiger partial charge on any atom is -0.369 e. The molecule has 0 bridgehead atoms. The second-order valence-corrected chi connectivity index (χ2v) is 15.9. The molecule has 2 unspecified atom stereocenters. The quantitative estimate of drug-likeness (QED) is 0.429. The maximum atomic E-state index is 14.1. The van der Waals surface area contributed by atoms with Crippen LogP contribution in [0.3, 0.4) is 0 Å². The largest absolute Gasteiger partial charge is 0.369 e. The van der Waals surface area contributed by atoms with E-state index in [9.17, 15) is 23.3 Å². The van der Waals surface area contributed by atoms with Crippen molar-refractivity contribution in [3.05, 3.63) is 52.3 Å². The first kappa shape index (κ1) is 29.8. The zero-order valence-electron chi connectivity index (χ0n) is 24.2. The molecule has 5 aliphatic rings. The summed E-state index contributed by atoms with van der Waals surface area (Å²) in [6.45, 7) is 3.49. The number of sulfone groups is 1. The molecule has 3 saturated carbocycles. The average molecular weight is 658 g/mol. The number of hydrogen-bond acceptors (Lipinski definition) is 8. The van der Waals surface area contributed by atoms with Crippen molar-refractivity contribution in [3.8, 4) is 6.07 Å². The molecule has 2 saturated heterocycles. The SMILES string of the molecule is N#CC1(NC(=O)C2CC(S(=O)(=O)c3ccc(N4CCN(C5CC5)CC4)cc3Cl)CN2C(=O)C2(c3ccc(Cl)nc3)CC2)CC1. The normalized spacial score (nSPS) is 25.8. The molecule has 232 valence electrons. The molecule has 13 heteroatoms. The molecule has 3 aliphatic carbocycles. The van der Waals surface area contributed by atoms with E-state index in [1.807, 2.05) is 0 Å². The summed E-state index contributed by atoms with van der Waals surface area (Å²) in [5, 5.41) is 11.8. The number of nitriles is 1. The maximum Gasteiger partial charge on any atom is 0.244 e. The molecule has 5 fully saturated rings. The highest BCUT2D eigenvalue weighted by Gasteiger charge is 2.58. The van der Waals surface area contributed by atoms with Gasteiger partial charge in [0.25, 0.3) is 0 Å².